The number of aromatic amines is 1. The molecule has 0 aromatic carbocycles. The zero-order valence-electron chi connectivity index (χ0n) is 8.56. The molecular weight excluding hydrogens is 236 g/mol. The molecule has 82 valence electrons. The zero-order chi connectivity index (χ0) is 11.8. The number of nitriles is 1. The first kappa shape index (κ1) is 9.87. The monoisotopic (exact) mass is 242 g/mol. The second kappa shape index (κ2) is 3.61. The molecule has 17 heavy (non-hydrogen) atoms. The van der Waals surface area contributed by atoms with Crippen LogP contribution in [0.5, 0.6) is 0 Å². The van der Waals surface area contributed by atoms with Crippen LogP contribution >= 0.6 is 11.3 Å². The third-order valence-electron chi connectivity index (χ3n) is 2.52. The SMILES string of the molecule is N#Cc1c[nH]c2scc(-c3ccco3)c2c1=O. The van der Waals surface area contributed by atoms with Gasteiger partial charge in [0.1, 0.15) is 22.2 Å². The van der Waals surface area contributed by atoms with E-state index in [1.54, 1.807) is 18.4 Å². The van der Waals surface area contributed by atoms with Gasteiger partial charge >= 0.3 is 0 Å². The number of hydrogen-bond donors (Lipinski definition) is 1. The van der Waals surface area contributed by atoms with E-state index in [0.29, 0.717) is 11.1 Å². The molecule has 0 radical (unpaired) electrons. The summed E-state index contributed by atoms with van der Waals surface area (Å²) in [6, 6.07) is 5.44. The van der Waals surface area contributed by atoms with Crippen molar-refractivity contribution < 1.29 is 4.42 Å². The fraction of sp³-hybridized carbons (Fsp3) is 0. The van der Waals surface area contributed by atoms with Gasteiger partial charge in [-0.15, -0.1) is 11.3 Å². The highest BCUT2D eigenvalue weighted by Crippen LogP contribution is 2.30. The fourth-order valence-corrected chi connectivity index (χ4v) is 2.64. The molecule has 0 amide bonds. The summed E-state index contributed by atoms with van der Waals surface area (Å²) in [5.74, 6) is 0.636. The molecule has 3 aromatic rings. The van der Waals surface area contributed by atoms with Gasteiger partial charge in [-0.05, 0) is 12.1 Å². The molecule has 4 nitrogen and oxygen atoms in total. The van der Waals surface area contributed by atoms with Crippen LogP contribution in [0.15, 0.2) is 39.2 Å². The lowest BCUT2D eigenvalue weighted by atomic mass is 10.1. The molecule has 5 heteroatoms. The lowest BCUT2D eigenvalue weighted by molar-refractivity contribution is 0.583. The average molecular weight is 242 g/mol. The number of nitrogens with zero attached hydrogens (tertiary/aromatic N) is 1. The minimum atomic E-state index is -0.256. The molecule has 0 saturated heterocycles. The van der Waals surface area contributed by atoms with E-state index in [1.165, 1.54) is 17.5 Å². The number of H-pyrrole nitrogens is 1. The van der Waals surface area contributed by atoms with E-state index in [4.69, 9.17) is 9.68 Å². The van der Waals surface area contributed by atoms with Crippen molar-refractivity contribution in [3.05, 3.63) is 45.8 Å². The number of hydrogen-bond acceptors (Lipinski definition) is 4. The van der Waals surface area contributed by atoms with Crippen LogP contribution < -0.4 is 5.43 Å². The van der Waals surface area contributed by atoms with E-state index in [0.717, 1.165) is 10.4 Å². The fourth-order valence-electron chi connectivity index (χ4n) is 1.72. The van der Waals surface area contributed by atoms with Crippen LogP contribution in [0.1, 0.15) is 5.56 Å². The van der Waals surface area contributed by atoms with Gasteiger partial charge in [0.2, 0.25) is 5.43 Å². The van der Waals surface area contributed by atoms with Gasteiger partial charge in [-0.2, -0.15) is 5.26 Å². The first-order chi connectivity index (χ1) is 8.31. The summed E-state index contributed by atoms with van der Waals surface area (Å²) >= 11 is 1.42. The van der Waals surface area contributed by atoms with Gasteiger partial charge in [0.25, 0.3) is 0 Å². The number of rotatable bonds is 1. The van der Waals surface area contributed by atoms with Gasteiger partial charge < -0.3 is 9.40 Å². The Morgan fingerprint density at radius 2 is 2.35 bits per heavy atom. The Morgan fingerprint density at radius 1 is 1.47 bits per heavy atom. The lowest BCUT2D eigenvalue weighted by Crippen LogP contribution is -2.06. The maximum atomic E-state index is 12.1. The van der Waals surface area contributed by atoms with Crippen LogP contribution in [-0.2, 0) is 0 Å². The Hall–Kier alpha value is -2.32. The smallest absolute Gasteiger partial charge is 0.208 e. The van der Waals surface area contributed by atoms with Crippen molar-refractivity contribution in [2.24, 2.45) is 0 Å². The molecule has 0 aliphatic rings. The van der Waals surface area contributed by atoms with Crippen molar-refractivity contribution in [3.8, 4) is 17.4 Å². The van der Waals surface area contributed by atoms with E-state index in [-0.39, 0.29) is 11.0 Å². The van der Waals surface area contributed by atoms with Crippen molar-refractivity contribution in [1.82, 2.24) is 4.98 Å². The van der Waals surface area contributed by atoms with Crippen molar-refractivity contribution >= 4 is 21.6 Å². The van der Waals surface area contributed by atoms with Crippen molar-refractivity contribution in [3.63, 3.8) is 0 Å². The maximum absolute atomic E-state index is 12.1. The van der Waals surface area contributed by atoms with Crippen LogP contribution in [0.25, 0.3) is 21.5 Å². The third-order valence-corrected chi connectivity index (χ3v) is 3.43. The molecule has 0 aliphatic carbocycles. The Morgan fingerprint density at radius 3 is 3.06 bits per heavy atom. The summed E-state index contributed by atoms with van der Waals surface area (Å²) in [5, 5.41) is 11.2. The number of furan rings is 1. The normalized spacial score (nSPS) is 10.5. The minimum absolute atomic E-state index is 0.115. The van der Waals surface area contributed by atoms with E-state index < -0.39 is 0 Å². The molecule has 0 unspecified atom stereocenters. The molecule has 0 aliphatic heterocycles. The molecular formula is C12H6N2O2S. The van der Waals surface area contributed by atoms with E-state index in [9.17, 15) is 4.79 Å². The average Bonchev–Trinajstić information content (AvgIpc) is 2.97. The maximum Gasteiger partial charge on any atom is 0.208 e. The van der Waals surface area contributed by atoms with Gasteiger partial charge in [-0.3, -0.25) is 4.79 Å². The Kier molecular flexibility index (Phi) is 2.10. The van der Waals surface area contributed by atoms with Crippen molar-refractivity contribution in [1.29, 1.82) is 5.26 Å². The second-order valence-corrected chi connectivity index (χ2v) is 4.35. The van der Waals surface area contributed by atoms with Gasteiger partial charge in [0.05, 0.1) is 11.6 Å². The number of fused-ring (bicyclic) bond motifs is 1. The molecule has 0 saturated carbocycles. The molecule has 3 rings (SSSR count). The summed E-state index contributed by atoms with van der Waals surface area (Å²) in [6.07, 6.45) is 2.99. The largest absolute Gasteiger partial charge is 0.464 e. The van der Waals surface area contributed by atoms with E-state index >= 15 is 0 Å². The Balaban J connectivity index is 2.43. The van der Waals surface area contributed by atoms with Crippen LogP contribution in [0.4, 0.5) is 0 Å². The lowest BCUT2D eigenvalue weighted by Gasteiger charge is -1.94. The van der Waals surface area contributed by atoms with Gasteiger partial charge in [-0.25, -0.2) is 0 Å². The number of nitrogens with one attached hydrogen (secondary N) is 1. The van der Waals surface area contributed by atoms with Gasteiger partial charge in [0.15, 0.2) is 0 Å². The quantitative estimate of drug-likeness (QED) is 0.713. The number of thiophene rings is 1. The predicted octanol–water partition coefficient (Wildman–Crippen LogP) is 2.72. The van der Waals surface area contributed by atoms with E-state index in [1.807, 2.05) is 11.4 Å². The van der Waals surface area contributed by atoms with Gasteiger partial charge in [0, 0.05) is 17.1 Å². The van der Waals surface area contributed by atoms with Crippen LogP contribution in [0.3, 0.4) is 0 Å². The van der Waals surface area contributed by atoms with Crippen LogP contribution in [0, 0.1) is 11.3 Å². The first-order valence-electron chi connectivity index (χ1n) is 4.88. The highest BCUT2D eigenvalue weighted by Gasteiger charge is 2.14. The molecule has 0 bridgehead atoms. The predicted molar refractivity (Wildman–Crippen MR) is 64.9 cm³/mol. The van der Waals surface area contributed by atoms with Gasteiger partial charge in [-0.1, -0.05) is 0 Å². The Bertz CT molecular complexity index is 775. The second-order valence-electron chi connectivity index (χ2n) is 3.47. The number of pyridine rings is 1. The number of aromatic nitrogens is 1. The highest BCUT2D eigenvalue weighted by molar-refractivity contribution is 7.17. The topological polar surface area (TPSA) is 69.8 Å². The summed E-state index contributed by atoms with van der Waals surface area (Å²) in [7, 11) is 0. The molecule has 0 atom stereocenters. The van der Waals surface area contributed by atoms with Crippen LogP contribution in [-0.4, -0.2) is 4.98 Å². The molecule has 1 N–H and O–H groups in total. The highest BCUT2D eigenvalue weighted by atomic mass is 32.1. The Labute approximate surface area is 99.7 Å². The summed E-state index contributed by atoms with van der Waals surface area (Å²) in [5.41, 5.74) is 0.589. The van der Waals surface area contributed by atoms with E-state index in [2.05, 4.69) is 4.98 Å². The molecule has 0 fully saturated rings. The molecule has 3 heterocycles. The van der Waals surface area contributed by atoms with Crippen molar-refractivity contribution in [2.45, 2.75) is 0 Å². The molecule has 3 aromatic heterocycles. The summed E-state index contributed by atoms with van der Waals surface area (Å²) in [4.78, 5) is 15.8. The summed E-state index contributed by atoms with van der Waals surface area (Å²) in [6.45, 7) is 0. The summed E-state index contributed by atoms with van der Waals surface area (Å²) < 4.78 is 5.29. The minimum Gasteiger partial charge on any atom is -0.464 e. The zero-order valence-corrected chi connectivity index (χ0v) is 9.38. The van der Waals surface area contributed by atoms with Crippen molar-refractivity contribution in [2.75, 3.05) is 0 Å². The first-order valence-corrected chi connectivity index (χ1v) is 5.76. The van der Waals surface area contributed by atoms with Crippen LogP contribution in [0.2, 0.25) is 0 Å². The molecule has 0 spiro atoms. The standard InChI is InChI=1S/C12H6N2O2S/c13-4-7-5-14-12-10(11(7)15)8(6-17-12)9-2-1-3-16-9/h1-3,5-6H,(H,14,15). The third kappa shape index (κ3) is 1.39.